The average molecular weight is 197 g/mol. The fraction of sp³-hybridized carbons (Fsp3) is 0.909. The molecular weight excluding hydrogens is 174 g/mol. The molecule has 0 aliphatic rings. The molecule has 0 fully saturated rings. The second-order valence-corrected chi connectivity index (χ2v) is 3.88. The Hall–Kier alpha value is -0.590. The van der Waals surface area contributed by atoms with Crippen molar-refractivity contribution in [3.63, 3.8) is 0 Å². The second kappa shape index (κ2) is 10.5. The fourth-order valence-electron chi connectivity index (χ4n) is 1.26. The van der Waals surface area contributed by atoms with Crippen LogP contribution in [0.5, 0.6) is 0 Å². The molecule has 82 valence electrons. The number of nitrogens with zero attached hydrogens (tertiary/aromatic N) is 2. The molecule has 0 aliphatic heterocycles. The largest absolute Gasteiger partial charge is 0.317 e. The molecule has 14 heavy (non-hydrogen) atoms. The average Bonchev–Trinajstić information content (AvgIpc) is 2.15. The van der Waals surface area contributed by atoms with E-state index < -0.39 is 0 Å². The van der Waals surface area contributed by atoms with E-state index in [1.807, 2.05) is 0 Å². The molecule has 0 heterocycles. The summed E-state index contributed by atoms with van der Waals surface area (Å²) in [6, 6.07) is 2.16. The number of hydrogen-bond donors (Lipinski definition) is 1. The van der Waals surface area contributed by atoms with Gasteiger partial charge in [0, 0.05) is 6.42 Å². The second-order valence-electron chi connectivity index (χ2n) is 3.88. The Morgan fingerprint density at radius 2 is 1.71 bits per heavy atom. The van der Waals surface area contributed by atoms with E-state index in [2.05, 4.69) is 30.4 Å². The van der Waals surface area contributed by atoms with E-state index >= 15 is 0 Å². The van der Waals surface area contributed by atoms with Crippen molar-refractivity contribution < 1.29 is 0 Å². The van der Waals surface area contributed by atoms with Gasteiger partial charge < -0.3 is 10.2 Å². The third-order valence-electron chi connectivity index (χ3n) is 2.10. The highest BCUT2D eigenvalue weighted by molar-refractivity contribution is 4.68. The summed E-state index contributed by atoms with van der Waals surface area (Å²) in [4.78, 5) is 2.22. The van der Waals surface area contributed by atoms with Gasteiger partial charge in [-0.15, -0.1) is 0 Å². The molecule has 0 bridgehead atoms. The first kappa shape index (κ1) is 13.4. The highest BCUT2D eigenvalue weighted by Gasteiger charge is 1.91. The summed E-state index contributed by atoms with van der Waals surface area (Å²) < 4.78 is 0. The lowest BCUT2D eigenvalue weighted by molar-refractivity contribution is 0.391. The molecule has 0 amide bonds. The van der Waals surface area contributed by atoms with Gasteiger partial charge in [0.05, 0.1) is 6.07 Å². The quantitative estimate of drug-likeness (QED) is 0.571. The van der Waals surface area contributed by atoms with Crippen LogP contribution in [0.4, 0.5) is 0 Å². The van der Waals surface area contributed by atoms with E-state index in [4.69, 9.17) is 5.26 Å². The van der Waals surface area contributed by atoms with Gasteiger partial charge in [-0.1, -0.05) is 0 Å². The van der Waals surface area contributed by atoms with Crippen LogP contribution in [0.2, 0.25) is 0 Å². The van der Waals surface area contributed by atoms with Gasteiger partial charge in [0.25, 0.3) is 0 Å². The Kier molecular flexibility index (Phi) is 10.0. The fourth-order valence-corrected chi connectivity index (χ4v) is 1.26. The van der Waals surface area contributed by atoms with Gasteiger partial charge >= 0.3 is 0 Å². The molecule has 0 radical (unpaired) electrons. The molecule has 0 unspecified atom stereocenters. The number of nitriles is 1. The summed E-state index contributed by atoms with van der Waals surface area (Å²) in [7, 11) is 4.21. The molecule has 0 aliphatic carbocycles. The number of unbranched alkanes of at least 4 members (excludes halogenated alkanes) is 3. The van der Waals surface area contributed by atoms with Gasteiger partial charge in [-0.25, -0.2) is 0 Å². The van der Waals surface area contributed by atoms with Crippen LogP contribution in [-0.2, 0) is 0 Å². The predicted molar refractivity (Wildman–Crippen MR) is 60.1 cm³/mol. The molecule has 0 aromatic heterocycles. The van der Waals surface area contributed by atoms with Gasteiger partial charge in [0.1, 0.15) is 0 Å². The zero-order valence-electron chi connectivity index (χ0n) is 9.55. The number of hydrogen-bond acceptors (Lipinski definition) is 3. The Morgan fingerprint density at radius 3 is 2.29 bits per heavy atom. The van der Waals surface area contributed by atoms with Gasteiger partial charge in [0.15, 0.2) is 0 Å². The van der Waals surface area contributed by atoms with Crippen molar-refractivity contribution in [1.29, 1.82) is 5.26 Å². The third-order valence-corrected chi connectivity index (χ3v) is 2.10. The van der Waals surface area contributed by atoms with Crippen LogP contribution >= 0.6 is 0 Å². The van der Waals surface area contributed by atoms with E-state index in [9.17, 15) is 0 Å². The van der Waals surface area contributed by atoms with Gasteiger partial charge in [-0.05, 0) is 59.4 Å². The van der Waals surface area contributed by atoms with E-state index in [-0.39, 0.29) is 0 Å². The summed E-state index contributed by atoms with van der Waals surface area (Å²) in [6.45, 7) is 3.35. The van der Waals surface area contributed by atoms with Crippen LogP contribution in [0, 0.1) is 11.3 Å². The summed E-state index contributed by atoms with van der Waals surface area (Å²) >= 11 is 0. The molecule has 0 saturated heterocycles. The summed E-state index contributed by atoms with van der Waals surface area (Å²) in [6.07, 6.45) is 5.36. The van der Waals surface area contributed by atoms with Crippen LogP contribution < -0.4 is 5.32 Å². The van der Waals surface area contributed by atoms with Crippen molar-refractivity contribution in [3.05, 3.63) is 0 Å². The number of nitrogens with one attached hydrogen (secondary N) is 1. The minimum Gasteiger partial charge on any atom is -0.317 e. The lowest BCUT2D eigenvalue weighted by Gasteiger charge is -2.09. The van der Waals surface area contributed by atoms with Crippen molar-refractivity contribution in [2.75, 3.05) is 33.7 Å². The SMILES string of the molecule is CN(C)CCCCNCCCCC#N. The molecule has 0 aromatic carbocycles. The maximum Gasteiger partial charge on any atom is 0.0621 e. The molecule has 0 spiro atoms. The van der Waals surface area contributed by atoms with Gasteiger partial charge in [0.2, 0.25) is 0 Å². The van der Waals surface area contributed by atoms with Crippen molar-refractivity contribution in [2.45, 2.75) is 32.1 Å². The van der Waals surface area contributed by atoms with Gasteiger partial charge in [-0.2, -0.15) is 5.26 Å². The van der Waals surface area contributed by atoms with Crippen LogP contribution in [0.25, 0.3) is 0 Å². The highest BCUT2D eigenvalue weighted by Crippen LogP contribution is 1.92. The van der Waals surface area contributed by atoms with E-state index in [1.165, 1.54) is 19.4 Å². The Bertz CT molecular complexity index is 149. The summed E-state index contributed by atoms with van der Waals surface area (Å²) in [5.74, 6) is 0. The molecule has 0 rings (SSSR count). The van der Waals surface area contributed by atoms with Crippen molar-refractivity contribution >= 4 is 0 Å². The van der Waals surface area contributed by atoms with E-state index in [0.717, 1.165) is 25.9 Å². The smallest absolute Gasteiger partial charge is 0.0621 e. The Balaban J connectivity index is 2.89. The third kappa shape index (κ3) is 11.4. The number of rotatable bonds is 9. The highest BCUT2D eigenvalue weighted by atomic mass is 15.0. The van der Waals surface area contributed by atoms with Crippen molar-refractivity contribution in [3.8, 4) is 6.07 Å². The first-order valence-electron chi connectivity index (χ1n) is 5.49. The molecule has 0 saturated carbocycles. The zero-order chi connectivity index (χ0) is 10.6. The predicted octanol–water partition coefficient (Wildman–Crippen LogP) is 1.61. The molecule has 3 nitrogen and oxygen atoms in total. The van der Waals surface area contributed by atoms with Crippen LogP contribution in [-0.4, -0.2) is 38.6 Å². The minimum absolute atomic E-state index is 0.697. The van der Waals surface area contributed by atoms with Crippen LogP contribution in [0.1, 0.15) is 32.1 Å². The molecule has 3 heteroatoms. The molecular formula is C11H23N3. The topological polar surface area (TPSA) is 39.1 Å². The Morgan fingerprint density at radius 1 is 1.07 bits per heavy atom. The minimum atomic E-state index is 0.697. The summed E-state index contributed by atoms with van der Waals surface area (Å²) in [5.41, 5.74) is 0. The first-order valence-corrected chi connectivity index (χ1v) is 5.49. The monoisotopic (exact) mass is 197 g/mol. The maximum atomic E-state index is 8.32. The summed E-state index contributed by atoms with van der Waals surface area (Å²) in [5, 5.41) is 11.7. The molecule has 0 aromatic rings. The first-order chi connectivity index (χ1) is 6.77. The van der Waals surface area contributed by atoms with Crippen LogP contribution in [0.15, 0.2) is 0 Å². The van der Waals surface area contributed by atoms with Gasteiger partial charge in [-0.3, -0.25) is 0 Å². The lowest BCUT2D eigenvalue weighted by atomic mass is 10.2. The Labute approximate surface area is 88.1 Å². The van der Waals surface area contributed by atoms with E-state index in [0.29, 0.717) is 6.42 Å². The van der Waals surface area contributed by atoms with Crippen molar-refractivity contribution in [1.82, 2.24) is 10.2 Å². The van der Waals surface area contributed by atoms with E-state index in [1.54, 1.807) is 0 Å². The van der Waals surface area contributed by atoms with Crippen LogP contribution in [0.3, 0.4) is 0 Å². The molecule has 0 atom stereocenters. The molecule has 1 N–H and O–H groups in total. The zero-order valence-corrected chi connectivity index (χ0v) is 9.55. The van der Waals surface area contributed by atoms with Crippen molar-refractivity contribution in [2.24, 2.45) is 0 Å². The standard InChI is InChI=1S/C11H23N3/c1-14(2)11-7-6-10-13-9-5-3-4-8-12/h13H,3-7,9-11H2,1-2H3. The lowest BCUT2D eigenvalue weighted by Crippen LogP contribution is -2.19. The normalized spacial score (nSPS) is 10.4. The maximum absolute atomic E-state index is 8.32.